The molecule has 0 bridgehead atoms. The summed E-state index contributed by atoms with van der Waals surface area (Å²) in [6, 6.07) is 0.112. The average molecular weight is 310 g/mol. The number of piperidine rings is 1. The molecule has 0 aromatic heterocycles. The van der Waals surface area contributed by atoms with Gasteiger partial charge in [-0.25, -0.2) is 4.79 Å². The van der Waals surface area contributed by atoms with E-state index in [9.17, 15) is 9.59 Å². The van der Waals surface area contributed by atoms with Crippen molar-refractivity contribution in [2.24, 2.45) is 11.8 Å². The summed E-state index contributed by atoms with van der Waals surface area (Å²) in [5, 5.41) is 2.91. The van der Waals surface area contributed by atoms with Crippen LogP contribution in [0.1, 0.15) is 59.8 Å². The summed E-state index contributed by atoms with van der Waals surface area (Å²) in [7, 11) is 0. The number of amides is 2. The van der Waals surface area contributed by atoms with E-state index in [4.69, 9.17) is 4.74 Å². The normalized spacial score (nSPS) is 26.8. The second kappa shape index (κ2) is 6.88. The highest BCUT2D eigenvalue weighted by Gasteiger charge is 2.33. The van der Waals surface area contributed by atoms with E-state index in [-0.39, 0.29) is 18.1 Å². The molecular weight excluding hydrogens is 280 g/mol. The van der Waals surface area contributed by atoms with Crippen LogP contribution >= 0.6 is 0 Å². The first-order valence-corrected chi connectivity index (χ1v) is 8.53. The summed E-state index contributed by atoms with van der Waals surface area (Å²) in [6.45, 7) is 9.28. The summed E-state index contributed by atoms with van der Waals surface area (Å²) in [6.07, 6.45) is 4.51. The summed E-state index contributed by atoms with van der Waals surface area (Å²) in [5.41, 5.74) is -0.472. The Labute approximate surface area is 133 Å². The Kier molecular flexibility index (Phi) is 5.35. The van der Waals surface area contributed by atoms with Crippen molar-refractivity contribution in [1.29, 1.82) is 0 Å². The molecule has 126 valence electrons. The van der Waals surface area contributed by atoms with Crippen molar-refractivity contribution in [3.05, 3.63) is 0 Å². The molecular formula is C17H30N2O3. The van der Waals surface area contributed by atoms with Crippen LogP contribution < -0.4 is 5.32 Å². The maximum absolute atomic E-state index is 12.5. The highest BCUT2D eigenvalue weighted by Crippen LogP contribution is 2.32. The van der Waals surface area contributed by atoms with Crippen molar-refractivity contribution >= 4 is 12.0 Å². The highest BCUT2D eigenvalue weighted by molar-refractivity contribution is 5.79. The second-order valence-electron chi connectivity index (χ2n) is 7.86. The zero-order chi connectivity index (χ0) is 16.3. The van der Waals surface area contributed by atoms with Gasteiger partial charge in [0.1, 0.15) is 5.60 Å². The molecule has 2 rings (SSSR count). The monoisotopic (exact) mass is 310 g/mol. The van der Waals surface area contributed by atoms with Crippen LogP contribution in [-0.2, 0) is 9.53 Å². The van der Waals surface area contributed by atoms with Gasteiger partial charge in [0.05, 0.1) is 0 Å². The van der Waals surface area contributed by atoms with E-state index in [1.54, 1.807) is 0 Å². The summed E-state index contributed by atoms with van der Waals surface area (Å²) in [4.78, 5) is 26.2. The first-order valence-electron chi connectivity index (χ1n) is 8.53. The molecule has 5 heteroatoms. The van der Waals surface area contributed by atoms with Gasteiger partial charge in [-0.1, -0.05) is 6.92 Å². The molecule has 22 heavy (non-hydrogen) atoms. The summed E-state index contributed by atoms with van der Waals surface area (Å²) < 4.78 is 5.28. The SMILES string of the molecule is CC1CCC(C(=O)N2CCC(NC(=O)OC(C)(C)C)CC2)C1. The molecule has 5 nitrogen and oxygen atoms in total. The summed E-state index contributed by atoms with van der Waals surface area (Å²) in [5.74, 6) is 1.23. The number of ether oxygens (including phenoxy) is 1. The van der Waals surface area contributed by atoms with Gasteiger partial charge >= 0.3 is 6.09 Å². The van der Waals surface area contributed by atoms with Gasteiger partial charge in [-0.05, 0) is 58.8 Å². The number of nitrogens with zero attached hydrogens (tertiary/aromatic N) is 1. The lowest BCUT2D eigenvalue weighted by Crippen LogP contribution is -2.48. The molecule has 1 saturated heterocycles. The van der Waals surface area contributed by atoms with Crippen LogP contribution in [0.5, 0.6) is 0 Å². The molecule has 2 unspecified atom stereocenters. The van der Waals surface area contributed by atoms with E-state index in [2.05, 4.69) is 12.2 Å². The number of carbonyl (C=O) groups excluding carboxylic acids is 2. The van der Waals surface area contributed by atoms with Crippen LogP contribution in [0.15, 0.2) is 0 Å². The molecule has 0 radical (unpaired) electrons. The van der Waals surface area contributed by atoms with Crippen LogP contribution in [0.2, 0.25) is 0 Å². The van der Waals surface area contributed by atoms with Gasteiger partial charge < -0.3 is 15.0 Å². The van der Waals surface area contributed by atoms with E-state index in [0.29, 0.717) is 11.8 Å². The van der Waals surface area contributed by atoms with E-state index in [0.717, 1.165) is 38.8 Å². The fourth-order valence-corrected chi connectivity index (χ4v) is 3.41. The quantitative estimate of drug-likeness (QED) is 0.853. The number of rotatable bonds is 2. The third-order valence-electron chi connectivity index (χ3n) is 4.57. The van der Waals surface area contributed by atoms with Crippen molar-refractivity contribution in [1.82, 2.24) is 10.2 Å². The Bertz CT molecular complexity index is 409. The third-order valence-corrected chi connectivity index (χ3v) is 4.57. The molecule has 0 spiro atoms. The maximum Gasteiger partial charge on any atom is 0.407 e. The lowest BCUT2D eigenvalue weighted by Gasteiger charge is -2.34. The zero-order valence-corrected chi connectivity index (χ0v) is 14.4. The first kappa shape index (κ1) is 17.1. The van der Waals surface area contributed by atoms with Gasteiger partial charge in [-0.3, -0.25) is 4.79 Å². The zero-order valence-electron chi connectivity index (χ0n) is 14.4. The molecule has 0 aromatic carbocycles. The number of alkyl carbamates (subject to hydrolysis) is 1. The van der Waals surface area contributed by atoms with E-state index in [1.807, 2.05) is 25.7 Å². The van der Waals surface area contributed by atoms with Crippen LogP contribution in [0.3, 0.4) is 0 Å². The maximum atomic E-state index is 12.5. The van der Waals surface area contributed by atoms with Gasteiger partial charge in [-0.15, -0.1) is 0 Å². The molecule has 2 aliphatic rings. The smallest absolute Gasteiger partial charge is 0.407 e. The lowest BCUT2D eigenvalue weighted by molar-refractivity contribution is -0.136. The Morgan fingerprint density at radius 3 is 2.23 bits per heavy atom. The Morgan fingerprint density at radius 1 is 1.09 bits per heavy atom. The minimum absolute atomic E-state index is 0.112. The number of hydrogen-bond acceptors (Lipinski definition) is 3. The van der Waals surface area contributed by atoms with Gasteiger partial charge in [0, 0.05) is 25.0 Å². The fourth-order valence-electron chi connectivity index (χ4n) is 3.41. The molecule has 2 amide bonds. The largest absolute Gasteiger partial charge is 0.444 e. The topological polar surface area (TPSA) is 58.6 Å². The van der Waals surface area contributed by atoms with E-state index < -0.39 is 5.60 Å². The van der Waals surface area contributed by atoms with Crippen LogP contribution in [0, 0.1) is 11.8 Å². The number of nitrogens with one attached hydrogen (secondary N) is 1. The van der Waals surface area contributed by atoms with Gasteiger partial charge in [0.25, 0.3) is 0 Å². The fraction of sp³-hybridized carbons (Fsp3) is 0.882. The summed E-state index contributed by atoms with van der Waals surface area (Å²) >= 11 is 0. The predicted octanol–water partition coefficient (Wildman–Crippen LogP) is 2.94. The predicted molar refractivity (Wildman–Crippen MR) is 85.5 cm³/mol. The van der Waals surface area contributed by atoms with Crippen molar-refractivity contribution in [3.63, 3.8) is 0 Å². The Morgan fingerprint density at radius 2 is 1.73 bits per heavy atom. The first-order chi connectivity index (χ1) is 10.2. The van der Waals surface area contributed by atoms with Crippen LogP contribution in [-0.4, -0.2) is 41.6 Å². The van der Waals surface area contributed by atoms with Gasteiger partial charge in [0.2, 0.25) is 5.91 Å². The number of hydrogen-bond donors (Lipinski definition) is 1. The highest BCUT2D eigenvalue weighted by atomic mass is 16.6. The van der Waals surface area contributed by atoms with Crippen molar-refractivity contribution < 1.29 is 14.3 Å². The molecule has 0 aromatic rings. The molecule has 1 N–H and O–H groups in total. The van der Waals surface area contributed by atoms with Crippen molar-refractivity contribution in [2.75, 3.05) is 13.1 Å². The van der Waals surface area contributed by atoms with E-state index >= 15 is 0 Å². The molecule has 2 fully saturated rings. The molecule has 1 heterocycles. The Hall–Kier alpha value is -1.26. The van der Waals surface area contributed by atoms with Crippen LogP contribution in [0.4, 0.5) is 4.79 Å². The lowest BCUT2D eigenvalue weighted by atomic mass is 10.0. The molecule has 1 aliphatic heterocycles. The number of carbonyl (C=O) groups is 2. The minimum atomic E-state index is -0.472. The molecule has 2 atom stereocenters. The standard InChI is InChI=1S/C17H30N2O3/c1-12-5-6-13(11-12)15(20)19-9-7-14(8-10-19)18-16(21)22-17(2,3)4/h12-14H,5-11H2,1-4H3,(H,18,21). The molecule has 1 aliphatic carbocycles. The van der Waals surface area contributed by atoms with Crippen molar-refractivity contribution in [2.45, 2.75) is 71.4 Å². The number of likely N-dealkylation sites (tertiary alicyclic amines) is 1. The second-order valence-corrected chi connectivity index (χ2v) is 7.86. The minimum Gasteiger partial charge on any atom is -0.444 e. The molecule has 1 saturated carbocycles. The third kappa shape index (κ3) is 4.89. The van der Waals surface area contributed by atoms with Gasteiger partial charge in [-0.2, -0.15) is 0 Å². The van der Waals surface area contributed by atoms with Gasteiger partial charge in [0.15, 0.2) is 0 Å². The van der Waals surface area contributed by atoms with Crippen LogP contribution in [0.25, 0.3) is 0 Å². The van der Waals surface area contributed by atoms with E-state index in [1.165, 1.54) is 6.42 Å². The Balaban J connectivity index is 1.73. The average Bonchev–Trinajstić information content (AvgIpc) is 2.83. The van der Waals surface area contributed by atoms with Crippen molar-refractivity contribution in [3.8, 4) is 0 Å².